The van der Waals surface area contributed by atoms with Crippen LogP contribution in [0, 0.1) is 0 Å². The molecule has 3 rings (SSSR count). The van der Waals surface area contributed by atoms with E-state index in [1.165, 1.54) is 4.88 Å². The molecule has 2 aromatic heterocycles. The number of carbonyl (C=O) groups excluding carboxylic acids is 1. The number of imidazole rings is 1. The van der Waals surface area contributed by atoms with Crippen LogP contribution in [0.2, 0.25) is 0 Å². The number of likely N-dealkylation sites (tertiary alicyclic amines) is 1. The quantitative estimate of drug-likeness (QED) is 0.847. The van der Waals surface area contributed by atoms with Crippen LogP contribution >= 0.6 is 11.3 Å². The Bertz CT molecular complexity index is 506. The standard InChI is InChI=1S/C12H13N3OS/c16-8-15-5-1-3-10(15)12-13-7-9(14-12)11-4-2-6-17-11/h2,4,6-8,10H,1,3,5H2,(H,13,14). The summed E-state index contributed by atoms with van der Waals surface area (Å²) in [6, 6.07) is 4.21. The van der Waals surface area contributed by atoms with Crippen LogP contribution in [0.4, 0.5) is 0 Å². The van der Waals surface area contributed by atoms with Crippen LogP contribution in [0.3, 0.4) is 0 Å². The summed E-state index contributed by atoms with van der Waals surface area (Å²) in [4.78, 5) is 21.6. The van der Waals surface area contributed by atoms with Gasteiger partial charge in [-0.1, -0.05) is 6.07 Å². The fourth-order valence-corrected chi connectivity index (χ4v) is 2.96. The molecule has 1 aliphatic heterocycles. The average molecular weight is 247 g/mol. The van der Waals surface area contributed by atoms with Gasteiger partial charge in [0.25, 0.3) is 0 Å². The Kier molecular flexibility index (Phi) is 2.68. The molecule has 1 amide bonds. The third-order valence-corrected chi connectivity index (χ3v) is 4.03. The third-order valence-electron chi connectivity index (χ3n) is 3.13. The molecule has 0 aromatic carbocycles. The summed E-state index contributed by atoms with van der Waals surface area (Å²) in [6.45, 7) is 0.837. The lowest BCUT2D eigenvalue weighted by atomic mass is 10.2. The SMILES string of the molecule is O=CN1CCCC1c1ncc(-c2cccs2)[nH]1. The zero-order chi connectivity index (χ0) is 11.7. The van der Waals surface area contributed by atoms with Gasteiger partial charge in [0.2, 0.25) is 6.41 Å². The van der Waals surface area contributed by atoms with E-state index in [1.54, 1.807) is 11.3 Å². The fraction of sp³-hybridized carbons (Fsp3) is 0.333. The van der Waals surface area contributed by atoms with Crippen LogP contribution in [0.5, 0.6) is 0 Å². The Labute approximate surface area is 103 Å². The molecule has 0 bridgehead atoms. The number of nitrogens with one attached hydrogen (secondary N) is 1. The van der Waals surface area contributed by atoms with Gasteiger partial charge in [-0.15, -0.1) is 11.3 Å². The molecule has 17 heavy (non-hydrogen) atoms. The van der Waals surface area contributed by atoms with Crippen molar-refractivity contribution in [1.82, 2.24) is 14.9 Å². The van der Waals surface area contributed by atoms with Crippen molar-refractivity contribution in [3.05, 3.63) is 29.5 Å². The highest BCUT2D eigenvalue weighted by atomic mass is 32.1. The Morgan fingerprint density at radius 2 is 2.53 bits per heavy atom. The number of H-pyrrole nitrogens is 1. The molecule has 5 heteroatoms. The summed E-state index contributed by atoms with van der Waals surface area (Å²) in [5.41, 5.74) is 1.03. The first kappa shape index (κ1) is 10.5. The predicted octanol–water partition coefficient (Wildman–Crippen LogP) is 2.43. The molecule has 1 N–H and O–H groups in total. The molecule has 0 radical (unpaired) electrons. The van der Waals surface area contributed by atoms with Gasteiger partial charge in [-0.2, -0.15) is 0 Å². The fourth-order valence-electron chi connectivity index (χ4n) is 2.27. The molecular weight excluding hydrogens is 234 g/mol. The maximum absolute atomic E-state index is 10.9. The lowest BCUT2D eigenvalue weighted by Gasteiger charge is -2.17. The minimum Gasteiger partial charge on any atom is -0.340 e. The summed E-state index contributed by atoms with van der Waals surface area (Å²) in [5, 5.41) is 2.04. The molecule has 0 aliphatic carbocycles. The minimum atomic E-state index is 0.126. The van der Waals surface area contributed by atoms with E-state index in [-0.39, 0.29) is 6.04 Å². The van der Waals surface area contributed by atoms with Gasteiger partial charge < -0.3 is 9.88 Å². The van der Waals surface area contributed by atoms with E-state index in [9.17, 15) is 4.79 Å². The van der Waals surface area contributed by atoms with Crippen molar-refractivity contribution in [2.45, 2.75) is 18.9 Å². The van der Waals surface area contributed by atoms with Crippen molar-refractivity contribution in [2.75, 3.05) is 6.54 Å². The van der Waals surface area contributed by atoms with Gasteiger partial charge in [-0.05, 0) is 24.3 Å². The average Bonchev–Trinajstić information content (AvgIpc) is 3.09. The second-order valence-corrected chi connectivity index (χ2v) is 5.11. The Balaban J connectivity index is 1.87. The maximum Gasteiger partial charge on any atom is 0.210 e. The van der Waals surface area contributed by atoms with Crippen LogP contribution in [0.1, 0.15) is 24.7 Å². The third kappa shape index (κ3) is 1.86. The highest BCUT2D eigenvalue weighted by molar-refractivity contribution is 7.13. The van der Waals surface area contributed by atoms with E-state index in [2.05, 4.69) is 16.0 Å². The van der Waals surface area contributed by atoms with E-state index in [0.29, 0.717) is 0 Å². The molecule has 1 atom stereocenters. The van der Waals surface area contributed by atoms with Gasteiger partial charge in [-0.3, -0.25) is 4.79 Å². The van der Waals surface area contributed by atoms with Crippen LogP contribution in [0.25, 0.3) is 10.6 Å². The van der Waals surface area contributed by atoms with Gasteiger partial charge in [0.15, 0.2) is 0 Å². The number of carbonyl (C=O) groups is 1. The number of hydrogen-bond donors (Lipinski definition) is 1. The number of aromatic nitrogens is 2. The van der Waals surface area contributed by atoms with Crippen molar-refractivity contribution in [3.8, 4) is 10.6 Å². The Morgan fingerprint density at radius 1 is 1.59 bits per heavy atom. The zero-order valence-corrected chi connectivity index (χ0v) is 10.1. The van der Waals surface area contributed by atoms with Crippen molar-refractivity contribution in [3.63, 3.8) is 0 Å². The normalized spacial score (nSPS) is 19.8. The van der Waals surface area contributed by atoms with Crippen LogP contribution < -0.4 is 0 Å². The number of hydrogen-bond acceptors (Lipinski definition) is 3. The summed E-state index contributed by atoms with van der Waals surface area (Å²) in [5.74, 6) is 0.901. The van der Waals surface area contributed by atoms with Crippen LogP contribution in [0.15, 0.2) is 23.7 Å². The van der Waals surface area contributed by atoms with Gasteiger partial charge in [0.1, 0.15) is 5.82 Å². The molecule has 0 spiro atoms. The van der Waals surface area contributed by atoms with E-state index in [4.69, 9.17) is 0 Å². The van der Waals surface area contributed by atoms with Crippen LogP contribution in [-0.2, 0) is 4.79 Å². The van der Waals surface area contributed by atoms with E-state index in [0.717, 1.165) is 37.3 Å². The predicted molar refractivity (Wildman–Crippen MR) is 66.6 cm³/mol. The van der Waals surface area contributed by atoms with Crippen molar-refractivity contribution in [2.24, 2.45) is 0 Å². The van der Waals surface area contributed by atoms with Gasteiger partial charge in [0.05, 0.1) is 22.8 Å². The molecule has 0 saturated carbocycles. The van der Waals surface area contributed by atoms with Crippen molar-refractivity contribution in [1.29, 1.82) is 0 Å². The molecule has 1 aliphatic rings. The summed E-state index contributed by atoms with van der Waals surface area (Å²) in [7, 11) is 0. The molecular formula is C12H13N3OS. The second kappa shape index (κ2) is 4.33. The molecule has 1 fully saturated rings. The molecule has 1 saturated heterocycles. The monoisotopic (exact) mass is 247 g/mol. The van der Waals surface area contributed by atoms with Gasteiger partial charge in [-0.25, -0.2) is 4.98 Å². The summed E-state index contributed by atoms with van der Waals surface area (Å²) >= 11 is 1.68. The second-order valence-electron chi connectivity index (χ2n) is 4.16. The largest absolute Gasteiger partial charge is 0.340 e. The van der Waals surface area contributed by atoms with Crippen molar-refractivity contribution < 1.29 is 4.79 Å². The first-order chi connectivity index (χ1) is 8.38. The number of amides is 1. The zero-order valence-electron chi connectivity index (χ0n) is 9.30. The van der Waals surface area contributed by atoms with Crippen molar-refractivity contribution >= 4 is 17.7 Å². The number of aromatic amines is 1. The van der Waals surface area contributed by atoms with Gasteiger partial charge >= 0.3 is 0 Å². The number of rotatable bonds is 3. The highest BCUT2D eigenvalue weighted by Crippen LogP contribution is 2.30. The molecule has 88 valence electrons. The lowest BCUT2D eigenvalue weighted by molar-refractivity contribution is -0.119. The molecule has 2 aromatic rings. The lowest BCUT2D eigenvalue weighted by Crippen LogP contribution is -2.21. The highest BCUT2D eigenvalue weighted by Gasteiger charge is 2.27. The van der Waals surface area contributed by atoms with E-state index < -0.39 is 0 Å². The van der Waals surface area contributed by atoms with E-state index >= 15 is 0 Å². The topological polar surface area (TPSA) is 49.0 Å². The van der Waals surface area contributed by atoms with E-state index in [1.807, 2.05) is 22.5 Å². The maximum atomic E-state index is 10.9. The van der Waals surface area contributed by atoms with Gasteiger partial charge in [0, 0.05) is 6.54 Å². The Morgan fingerprint density at radius 3 is 3.29 bits per heavy atom. The molecule has 4 nitrogen and oxygen atoms in total. The summed E-state index contributed by atoms with van der Waals surface area (Å²) < 4.78 is 0. The smallest absolute Gasteiger partial charge is 0.210 e. The minimum absolute atomic E-state index is 0.126. The number of thiophene rings is 1. The first-order valence-corrected chi connectivity index (χ1v) is 6.56. The molecule has 1 unspecified atom stereocenters. The van der Waals surface area contributed by atoms with Crippen LogP contribution in [-0.4, -0.2) is 27.8 Å². The first-order valence-electron chi connectivity index (χ1n) is 5.68. The number of nitrogens with zero attached hydrogens (tertiary/aromatic N) is 2. The molecule has 3 heterocycles. The Hall–Kier alpha value is -1.62. The summed E-state index contributed by atoms with van der Waals surface area (Å²) in [6.07, 6.45) is 4.82.